The van der Waals surface area contributed by atoms with E-state index in [4.69, 9.17) is 21.7 Å². The molecule has 0 aliphatic carbocycles. The molecule has 2 aromatic carbocycles. The van der Waals surface area contributed by atoms with Crippen LogP contribution in [-0.4, -0.2) is 44.8 Å². The smallest absolute Gasteiger partial charge is 0.313 e. The minimum Gasteiger partial charge on any atom is -0.492 e. The van der Waals surface area contributed by atoms with Crippen molar-refractivity contribution in [3.8, 4) is 17.1 Å². The van der Waals surface area contributed by atoms with Gasteiger partial charge in [0.05, 0.1) is 30.3 Å². The zero-order valence-corrected chi connectivity index (χ0v) is 22.4. The topological polar surface area (TPSA) is 92.4 Å². The second-order valence-electron chi connectivity index (χ2n) is 7.55. The number of fused-ring (bicyclic) bond motifs is 1. The number of Topliss-reactive ketones (excluding diaryl/α,β-unsaturated/α-hetero) is 1. The van der Waals surface area contributed by atoms with Crippen molar-refractivity contribution >= 4 is 57.4 Å². The molecule has 0 amide bonds. The number of thioether (sulfide) groups is 1. The van der Waals surface area contributed by atoms with Crippen LogP contribution in [-0.2, 0) is 14.3 Å². The van der Waals surface area contributed by atoms with Gasteiger partial charge in [0.1, 0.15) is 22.7 Å². The van der Waals surface area contributed by atoms with Gasteiger partial charge < -0.3 is 9.47 Å². The molecule has 2 aromatic heterocycles. The second kappa shape index (κ2) is 11.8. The Bertz CT molecular complexity index is 1590. The molecule has 37 heavy (non-hydrogen) atoms. The maximum absolute atomic E-state index is 14.8. The van der Waals surface area contributed by atoms with Gasteiger partial charge in [0.15, 0.2) is 20.5 Å². The summed E-state index contributed by atoms with van der Waals surface area (Å²) in [5, 5.41) is 0.0789. The highest BCUT2D eigenvalue weighted by molar-refractivity contribution is 7.99. The minimum absolute atomic E-state index is 0.0113. The maximum atomic E-state index is 14.8. The lowest BCUT2D eigenvalue weighted by Crippen LogP contribution is -2.23. The van der Waals surface area contributed by atoms with E-state index in [-0.39, 0.29) is 33.6 Å². The van der Waals surface area contributed by atoms with E-state index in [1.165, 1.54) is 18.2 Å². The molecule has 0 saturated carbocycles. The lowest BCUT2D eigenvalue weighted by atomic mass is 10.3. The lowest BCUT2D eigenvalue weighted by Gasteiger charge is -2.14. The minimum atomic E-state index is -0.637. The molecular weight excluding hydrogens is 537 g/mol. The van der Waals surface area contributed by atoms with Gasteiger partial charge in [-0.25, -0.2) is 9.37 Å². The molecule has 0 saturated heterocycles. The fourth-order valence-corrected chi connectivity index (χ4v) is 5.72. The summed E-state index contributed by atoms with van der Waals surface area (Å²) < 4.78 is 28.7. The van der Waals surface area contributed by atoms with Crippen molar-refractivity contribution < 1.29 is 23.5 Å². The molecule has 0 fully saturated rings. The summed E-state index contributed by atoms with van der Waals surface area (Å²) in [5.74, 6) is -1.30. The maximum Gasteiger partial charge on any atom is 0.313 e. The van der Waals surface area contributed by atoms with Gasteiger partial charge in [0.2, 0.25) is 0 Å². The van der Waals surface area contributed by atoms with Gasteiger partial charge in [0, 0.05) is 0 Å². The summed E-state index contributed by atoms with van der Waals surface area (Å²) in [7, 11) is 0. The standard InChI is InChI=1S/C25H22FN3O5S3/c1-3-33-19-12-8-7-11-18(19)28-22-21(37-25(28)35)23(32)29(17-10-6-5-9-16(17)26)24(27-22)36-14-15(30)13-20(31)34-4-2/h5-12H,3-4,13-14H2,1-2H3. The van der Waals surface area contributed by atoms with Crippen LogP contribution in [0, 0.1) is 9.77 Å². The number of rotatable bonds is 10. The number of ketones is 1. The molecule has 0 bridgehead atoms. The average molecular weight is 560 g/mol. The van der Waals surface area contributed by atoms with Crippen molar-refractivity contribution in [1.82, 2.24) is 14.1 Å². The number of ether oxygens (including phenoxy) is 2. The van der Waals surface area contributed by atoms with E-state index in [9.17, 15) is 18.8 Å². The van der Waals surface area contributed by atoms with Crippen LogP contribution >= 0.6 is 35.3 Å². The SMILES string of the molecule is CCOC(=O)CC(=O)CSc1nc2c(sc(=S)n2-c2ccccc2OCC)c(=O)n1-c1ccccc1F. The van der Waals surface area contributed by atoms with Crippen LogP contribution in [0.15, 0.2) is 58.5 Å². The Kier molecular flexibility index (Phi) is 8.52. The number of nitrogens with zero attached hydrogens (tertiary/aromatic N) is 3. The largest absolute Gasteiger partial charge is 0.492 e. The first-order valence-corrected chi connectivity index (χ1v) is 13.5. The normalized spacial score (nSPS) is 11.0. The van der Waals surface area contributed by atoms with Crippen molar-refractivity contribution in [3.63, 3.8) is 0 Å². The third kappa shape index (κ3) is 5.65. The predicted molar refractivity (Wildman–Crippen MR) is 143 cm³/mol. The van der Waals surface area contributed by atoms with E-state index < -0.39 is 29.5 Å². The summed E-state index contributed by atoms with van der Waals surface area (Å²) in [4.78, 5) is 42.5. The average Bonchev–Trinajstić information content (AvgIpc) is 3.20. The molecule has 4 rings (SSSR count). The van der Waals surface area contributed by atoms with Gasteiger partial charge in [-0.3, -0.25) is 23.5 Å². The molecule has 4 aromatic rings. The number of carbonyl (C=O) groups is 2. The van der Waals surface area contributed by atoms with Gasteiger partial charge >= 0.3 is 5.97 Å². The van der Waals surface area contributed by atoms with Crippen molar-refractivity contribution in [2.45, 2.75) is 25.4 Å². The van der Waals surface area contributed by atoms with Crippen LogP contribution in [0.3, 0.4) is 0 Å². The Morgan fingerprint density at radius 3 is 2.46 bits per heavy atom. The van der Waals surface area contributed by atoms with Crippen molar-refractivity contribution in [2.24, 2.45) is 0 Å². The van der Waals surface area contributed by atoms with Gasteiger partial charge in [-0.05, 0) is 50.3 Å². The Morgan fingerprint density at radius 2 is 1.76 bits per heavy atom. The quantitative estimate of drug-likeness (QED) is 0.0869. The lowest BCUT2D eigenvalue weighted by molar-refractivity contribution is -0.145. The number of hydrogen-bond donors (Lipinski definition) is 0. The fraction of sp³-hybridized carbons (Fsp3) is 0.240. The first-order valence-electron chi connectivity index (χ1n) is 11.3. The monoisotopic (exact) mass is 559 g/mol. The third-order valence-corrected chi connectivity index (χ3v) is 7.43. The van der Waals surface area contributed by atoms with Crippen LogP contribution in [0.1, 0.15) is 20.3 Å². The molecule has 0 aliphatic heterocycles. The van der Waals surface area contributed by atoms with Crippen LogP contribution in [0.2, 0.25) is 0 Å². The van der Waals surface area contributed by atoms with E-state index >= 15 is 0 Å². The zero-order chi connectivity index (χ0) is 26.5. The first kappa shape index (κ1) is 26.7. The number of hydrogen-bond acceptors (Lipinski definition) is 9. The van der Waals surface area contributed by atoms with Gasteiger partial charge in [-0.15, -0.1) is 0 Å². The molecule has 0 unspecified atom stereocenters. The number of esters is 1. The van der Waals surface area contributed by atoms with Gasteiger partial charge in [-0.2, -0.15) is 0 Å². The van der Waals surface area contributed by atoms with Crippen LogP contribution in [0.5, 0.6) is 5.75 Å². The van der Waals surface area contributed by atoms with E-state index in [1.54, 1.807) is 29.7 Å². The summed E-state index contributed by atoms with van der Waals surface area (Å²) in [6, 6.07) is 13.0. The third-order valence-electron chi connectivity index (χ3n) is 5.09. The summed E-state index contributed by atoms with van der Waals surface area (Å²) in [5.41, 5.74) is 0.326. The summed E-state index contributed by atoms with van der Waals surface area (Å²) >= 11 is 7.58. The molecule has 0 spiro atoms. The van der Waals surface area contributed by atoms with Gasteiger partial charge in [-0.1, -0.05) is 47.4 Å². The van der Waals surface area contributed by atoms with Crippen LogP contribution in [0.25, 0.3) is 21.7 Å². The molecule has 0 aliphatic rings. The molecule has 0 N–H and O–H groups in total. The number of para-hydroxylation sites is 3. The fourth-order valence-electron chi connectivity index (χ4n) is 3.58. The Balaban J connectivity index is 1.89. The van der Waals surface area contributed by atoms with E-state index in [1.807, 2.05) is 19.1 Å². The number of aromatic nitrogens is 3. The highest BCUT2D eigenvalue weighted by Gasteiger charge is 2.22. The molecule has 0 radical (unpaired) electrons. The highest BCUT2D eigenvalue weighted by Crippen LogP contribution is 2.31. The molecule has 8 nitrogen and oxygen atoms in total. The summed E-state index contributed by atoms with van der Waals surface area (Å²) in [6.45, 7) is 4.09. The Hall–Kier alpha value is -3.35. The van der Waals surface area contributed by atoms with E-state index in [0.717, 1.165) is 27.7 Å². The molecule has 192 valence electrons. The molecular formula is C25H22FN3O5S3. The van der Waals surface area contributed by atoms with Crippen molar-refractivity contribution in [3.05, 3.63) is 68.7 Å². The van der Waals surface area contributed by atoms with Gasteiger partial charge in [0.25, 0.3) is 5.56 Å². The predicted octanol–water partition coefficient (Wildman–Crippen LogP) is 5.12. The van der Waals surface area contributed by atoms with E-state index in [0.29, 0.717) is 22.0 Å². The number of halogens is 1. The first-order chi connectivity index (χ1) is 17.8. The zero-order valence-electron chi connectivity index (χ0n) is 19.9. The van der Waals surface area contributed by atoms with Crippen LogP contribution in [0.4, 0.5) is 4.39 Å². The van der Waals surface area contributed by atoms with Crippen LogP contribution < -0.4 is 10.3 Å². The van der Waals surface area contributed by atoms with Crippen molar-refractivity contribution in [1.29, 1.82) is 0 Å². The molecule has 0 atom stereocenters. The molecule has 12 heteroatoms. The number of carbonyl (C=O) groups excluding carboxylic acids is 2. The Labute approximate surface area is 224 Å². The number of thiazole rings is 1. The van der Waals surface area contributed by atoms with E-state index in [2.05, 4.69) is 4.98 Å². The number of benzene rings is 2. The van der Waals surface area contributed by atoms with Crippen molar-refractivity contribution in [2.75, 3.05) is 19.0 Å². The highest BCUT2D eigenvalue weighted by atomic mass is 32.2. The Morgan fingerprint density at radius 1 is 1.05 bits per heavy atom. The second-order valence-corrected chi connectivity index (χ2v) is 10.1. The summed E-state index contributed by atoms with van der Waals surface area (Å²) in [6.07, 6.45) is -0.413. The molecule has 2 heterocycles.